The summed E-state index contributed by atoms with van der Waals surface area (Å²) in [6.07, 6.45) is 4.30. The van der Waals surface area contributed by atoms with Crippen LogP contribution in [0.15, 0.2) is 0 Å². The van der Waals surface area contributed by atoms with E-state index in [1.54, 1.807) is 0 Å². The summed E-state index contributed by atoms with van der Waals surface area (Å²) in [5, 5.41) is 3.11. The van der Waals surface area contributed by atoms with Crippen LogP contribution in [0.25, 0.3) is 0 Å². The fraction of sp³-hybridized carbons (Fsp3) is 0.909. The molecule has 1 amide bonds. The summed E-state index contributed by atoms with van der Waals surface area (Å²) in [6.45, 7) is 3.50. The Hall–Kier alpha value is -0.570. The van der Waals surface area contributed by atoms with E-state index in [1.165, 1.54) is 19.3 Å². The molecule has 3 fully saturated rings. The minimum absolute atomic E-state index is 0.303. The van der Waals surface area contributed by atoms with Crippen molar-refractivity contribution in [3.8, 4) is 0 Å². The van der Waals surface area contributed by atoms with E-state index in [2.05, 4.69) is 10.2 Å². The number of nitrogens with one attached hydrogen (secondary N) is 1. The zero-order valence-corrected chi connectivity index (χ0v) is 8.54. The Morgan fingerprint density at radius 2 is 2.29 bits per heavy atom. The summed E-state index contributed by atoms with van der Waals surface area (Å²) in [5.74, 6) is 3.18. The fourth-order valence-corrected chi connectivity index (χ4v) is 2.70. The molecule has 0 aromatic carbocycles. The average Bonchev–Trinajstić information content (AvgIpc) is 2.97. The van der Waals surface area contributed by atoms with Crippen molar-refractivity contribution in [1.29, 1.82) is 0 Å². The third-order valence-corrected chi connectivity index (χ3v) is 3.85. The third-order valence-electron chi connectivity index (χ3n) is 3.85. The van der Waals surface area contributed by atoms with E-state index < -0.39 is 0 Å². The second kappa shape index (κ2) is 3.23. The molecule has 1 aliphatic heterocycles. The Bertz CT molecular complexity index is 250. The highest BCUT2D eigenvalue weighted by Gasteiger charge is 2.48. The SMILES string of the molecule is O=C1CNCCN1CC1CC1C1CC1. The van der Waals surface area contributed by atoms with Crippen LogP contribution in [-0.2, 0) is 4.79 Å². The summed E-state index contributed by atoms with van der Waals surface area (Å²) < 4.78 is 0. The number of nitrogens with zero attached hydrogens (tertiary/aromatic N) is 1. The third kappa shape index (κ3) is 1.65. The van der Waals surface area contributed by atoms with E-state index in [9.17, 15) is 4.79 Å². The molecule has 1 heterocycles. The lowest BCUT2D eigenvalue weighted by Gasteiger charge is -2.27. The van der Waals surface area contributed by atoms with Gasteiger partial charge in [0.05, 0.1) is 6.54 Å². The molecule has 2 atom stereocenters. The lowest BCUT2D eigenvalue weighted by molar-refractivity contribution is -0.132. The van der Waals surface area contributed by atoms with Crippen LogP contribution in [0.1, 0.15) is 19.3 Å². The number of rotatable bonds is 3. The number of hydrogen-bond donors (Lipinski definition) is 1. The van der Waals surface area contributed by atoms with Gasteiger partial charge in [0.25, 0.3) is 0 Å². The van der Waals surface area contributed by atoms with Crippen LogP contribution in [0.3, 0.4) is 0 Å². The van der Waals surface area contributed by atoms with Gasteiger partial charge in [-0.05, 0) is 37.0 Å². The van der Waals surface area contributed by atoms with E-state index in [0.717, 1.165) is 37.4 Å². The first kappa shape index (κ1) is 8.72. The Labute approximate surface area is 84.8 Å². The Morgan fingerprint density at radius 1 is 1.43 bits per heavy atom. The number of carbonyl (C=O) groups is 1. The van der Waals surface area contributed by atoms with Crippen LogP contribution >= 0.6 is 0 Å². The van der Waals surface area contributed by atoms with Gasteiger partial charge in [0.15, 0.2) is 0 Å². The van der Waals surface area contributed by atoms with Crippen LogP contribution < -0.4 is 5.32 Å². The van der Waals surface area contributed by atoms with Crippen molar-refractivity contribution in [3.05, 3.63) is 0 Å². The average molecular weight is 194 g/mol. The molecule has 14 heavy (non-hydrogen) atoms. The molecule has 3 nitrogen and oxygen atoms in total. The standard InChI is InChI=1S/C11H18N2O/c14-11-6-12-3-4-13(11)7-9-5-10(9)8-1-2-8/h8-10,12H,1-7H2. The van der Waals surface area contributed by atoms with Crippen molar-refractivity contribution in [2.24, 2.45) is 17.8 Å². The van der Waals surface area contributed by atoms with Crippen LogP contribution in [0.4, 0.5) is 0 Å². The first-order valence-electron chi connectivity index (χ1n) is 5.83. The quantitative estimate of drug-likeness (QED) is 0.708. The normalized spacial score (nSPS) is 37.4. The van der Waals surface area contributed by atoms with Crippen LogP contribution in [0, 0.1) is 17.8 Å². The molecular formula is C11H18N2O. The molecule has 78 valence electrons. The number of carbonyl (C=O) groups excluding carboxylic acids is 1. The molecule has 0 bridgehead atoms. The Kier molecular flexibility index (Phi) is 2.01. The molecule has 0 spiro atoms. The van der Waals surface area contributed by atoms with E-state index >= 15 is 0 Å². The minimum Gasteiger partial charge on any atom is -0.340 e. The fourth-order valence-electron chi connectivity index (χ4n) is 2.70. The molecule has 0 aromatic rings. The summed E-state index contributed by atoms with van der Waals surface area (Å²) in [6, 6.07) is 0. The smallest absolute Gasteiger partial charge is 0.236 e. The van der Waals surface area contributed by atoms with Gasteiger partial charge >= 0.3 is 0 Å². The lowest BCUT2D eigenvalue weighted by Crippen LogP contribution is -2.48. The van der Waals surface area contributed by atoms with Gasteiger partial charge in [-0.15, -0.1) is 0 Å². The molecule has 0 aromatic heterocycles. The van der Waals surface area contributed by atoms with Crippen molar-refractivity contribution in [3.63, 3.8) is 0 Å². The van der Waals surface area contributed by atoms with Gasteiger partial charge in [-0.25, -0.2) is 0 Å². The van der Waals surface area contributed by atoms with Gasteiger partial charge in [-0.3, -0.25) is 4.79 Å². The molecular weight excluding hydrogens is 176 g/mol. The maximum absolute atomic E-state index is 11.5. The van der Waals surface area contributed by atoms with Crippen molar-refractivity contribution in [1.82, 2.24) is 10.2 Å². The highest BCUT2D eigenvalue weighted by Crippen LogP contribution is 2.54. The van der Waals surface area contributed by atoms with Gasteiger partial charge in [-0.1, -0.05) is 0 Å². The second-order valence-electron chi connectivity index (χ2n) is 5.01. The van der Waals surface area contributed by atoms with Crippen LogP contribution in [-0.4, -0.2) is 37.0 Å². The summed E-state index contributed by atoms with van der Waals surface area (Å²) in [7, 11) is 0. The van der Waals surface area contributed by atoms with Crippen LogP contribution in [0.5, 0.6) is 0 Å². The van der Waals surface area contributed by atoms with E-state index in [-0.39, 0.29) is 0 Å². The predicted octanol–water partition coefficient (Wildman–Crippen LogP) is 0.464. The van der Waals surface area contributed by atoms with Crippen molar-refractivity contribution >= 4 is 5.91 Å². The first-order valence-corrected chi connectivity index (χ1v) is 5.83. The van der Waals surface area contributed by atoms with Gasteiger partial charge in [0.1, 0.15) is 0 Å². The van der Waals surface area contributed by atoms with Gasteiger partial charge in [0, 0.05) is 19.6 Å². The van der Waals surface area contributed by atoms with E-state index in [0.29, 0.717) is 12.5 Å². The van der Waals surface area contributed by atoms with Gasteiger partial charge < -0.3 is 10.2 Å². The second-order valence-corrected chi connectivity index (χ2v) is 5.01. The van der Waals surface area contributed by atoms with Crippen molar-refractivity contribution in [2.75, 3.05) is 26.2 Å². The number of hydrogen-bond acceptors (Lipinski definition) is 2. The lowest BCUT2D eigenvalue weighted by atomic mass is 10.2. The topological polar surface area (TPSA) is 32.3 Å². The molecule has 1 saturated heterocycles. The van der Waals surface area contributed by atoms with E-state index in [1.807, 2.05) is 0 Å². The molecule has 1 N–H and O–H groups in total. The minimum atomic E-state index is 0.303. The molecule has 0 radical (unpaired) electrons. The monoisotopic (exact) mass is 194 g/mol. The summed E-state index contributed by atoms with van der Waals surface area (Å²) in [5.41, 5.74) is 0. The maximum Gasteiger partial charge on any atom is 0.236 e. The molecule has 2 unspecified atom stereocenters. The maximum atomic E-state index is 11.5. The first-order chi connectivity index (χ1) is 6.84. The zero-order valence-electron chi connectivity index (χ0n) is 8.54. The van der Waals surface area contributed by atoms with E-state index in [4.69, 9.17) is 0 Å². The van der Waals surface area contributed by atoms with Crippen LogP contribution in [0.2, 0.25) is 0 Å². The predicted molar refractivity (Wildman–Crippen MR) is 53.8 cm³/mol. The summed E-state index contributed by atoms with van der Waals surface area (Å²) in [4.78, 5) is 13.6. The van der Waals surface area contributed by atoms with Gasteiger partial charge in [-0.2, -0.15) is 0 Å². The highest BCUT2D eigenvalue weighted by molar-refractivity contribution is 5.79. The van der Waals surface area contributed by atoms with Crippen molar-refractivity contribution < 1.29 is 4.79 Å². The molecule has 2 aliphatic carbocycles. The largest absolute Gasteiger partial charge is 0.340 e. The summed E-state index contributed by atoms with van der Waals surface area (Å²) >= 11 is 0. The Balaban J connectivity index is 1.49. The number of piperazine rings is 1. The molecule has 3 rings (SSSR count). The van der Waals surface area contributed by atoms with Gasteiger partial charge in [0.2, 0.25) is 5.91 Å². The Morgan fingerprint density at radius 3 is 3.00 bits per heavy atom. The van der Waals surface area contributed by atoms with Crippen molar-refractivity contribution in [2.45, 2.75) is 19.3 Å². The molecule has 2 saturated carbocycles. The molecule has 3 heteroatoms. The number of amides is 1. The highest BCUT2D eigenvalue weighted by atomic mass is 16.2. The zero-order chi connectivity index (χ0) is 9.54. The molecule has 3 aliphatic rings.